The molecule has 0 bridgehead atoms. The van der Waals surface area contributed by atoms with Gasteiger partial charge in [-0.1, -0.05) is 34.8 Å². The zero-order valence-electron chi connectivity index (χ0n) is 10.8. The number of aromatic nitrogens is 2. The lowest BCUT2D eigenvalue weighted by Crippen LogP contribution is -2.37. The summed E-state index contributed by atoms with van der Waals surface area (Å²) < 4.78 is 1.03. The Hall–Kier alpha value is -1.96. The Balaban J connectivity index is 2.05. The maximum atomic E-state index is 11.8. The van der Waals surface area contributed by atoms with Crippen LogP contribution in [0, 0.1) is 0 Å². The van der Waals surface area contributed by atoms with E-state index in [2.05, 4.69) is 10.9 Å². The van der Waals surface area contributed by atoms with Crippen LogP contribution in [0.5, 0.6) is 0 Å². The fourth-order valence-electron chi connectivity index (χ4n) is 1.56. The predicted molar refractivity (Wildman–Crippen MR) is 84.6 cm³/mol. The number of rotatable bonds is 4. The zero-order valence-corrected chi connectivity index (χ0v) is 13.1. The standard InChI is InChI=1S/C12H9Cl3N4O3/c13-6-3-7(14)11(8(15)4-6)18-17-10(21)5-19-2-1-9(20)16-12(19)22/h1-4,18H,5H2,(H,17,21)(H,16,20,22). The first-order chi connectivity index (χ1) is 10.4. The van der Waals surface area contributed by atoms with Crippen molar-refractivity contribution in [2.24, 2.45) is 0 Å². The van der Waals surface area contributed by atoms with E-state index in [0.717, 1.165) is 10.6 Å². The molecule has 0 spiro atoms. The van der Waals surface area contributed by atoms with Crippen molar-refractivity contribution >= 4 is 46.4 Å². The Morgan fingerprint density at radius 1 is 1.18 bits per heavy atom. The first kappa shape index (κ1) is 16.4. The fraction of sp³-hybridized carbons (Fsp3) is 0.0833. The maximum Gasteiger partial charge on any atom is 0.328 e. The number of H-pyrrole nitrogens is 1. The SMILES string of the molecule is O=C(Cn1ccc(=O)[nH]c1=O)NNc1c(Cl)cc(Cl)cc1Cl. The predicted octanol–water partition coefficient (Wildman–Crippen LogP) is 1.64. The molecule has 1 heterocycles. The third kappa shape index (κ3) is 4.03. The summed E-state index contributed by atoms with van der Waals surface area (Å²) in [5, 5.41) is 0.796. The minimum Gasteiger partial charge on any atom is -0.296 e. The molecule has 3 N–H and O–H groups in total. The molecule has 7 nitrogen and oxygen atoms in total. The summed E-state index contributed by atoms with van der Waals surface area (Å²) in [5.41, 5.74) is 3.93. The van der Waals surface area contributed by atoms with Gasteiger partial charge < -0.3 is 0 Å². The van der Waals surface area contributed by atoms with Crippen LogP contribution < -0.4 is 22.1 Å². The topological polar surface area (TPSA) is 96.0 Å². The molecule has 1 aromatic heterocycles. The summed E-state index contributed by atoms with van der Waals surface area (Å²) in [5.74, 6) is -0.545. The average Bonchev–Trinajstić information content (AvgIpc) is 2.40. The van der Waals surface area contributed by atoms with E-state index >= 15 is 0 Å². The summed E-state index contributed by atoms with van der Waals surface area (Å²) in [6.07, 6.45) is 1.21. The molecule has 0 aliphatic heterocycles. The van der Waals surface area contributed by atoms with Gasteiger partial charge in [0.25, 0.3) is 11.5 Å². The molecule has 0 atom stereocenters. The van der Waals surface area contributed by atoms with E-state index in [1.54, 1.807) is 0 Å². The smallest absolute Gasteiger partial charge is 0.296 e. The molecule has 1 amide bonds. The highest BCUT2D eigenvalue weighted by molar-refractivity contribution is 6.41. The van der Waals surface area contributed by atoms with Crippen LogP contribution in [-0.2, 0) is 11.3 Å². The fourth-order valence-corrected chi connectivity index (χ4v) is 2.47. The van der Waals surface area contributed by atoms with Gasteiger partial charge in [-0.3, -0.25) is 30.0 Å². The van der Waals surface area contributed by atoms with Crippen molar-refractivity contribution in [3.63, 3.8) is 0 Å². The van der Waals surface area contributed by atoms with E-state index in [4.69, 9.17) is 34.8 Å². The molecule has 0 saturated carbocycles. The van der Waals surface area contributed by atoms with Gasteiger partial charge in [0.1, 0.15) is 6.54 Å². The number of aromatic amines is 1. The lowest BCUT2D eigenvalue weighted by Gasteiger charge is -2.12. The molecule has 0 radical (unpaired) electrons. The highest BCUT2D eigenvalue weighted by Gasteiger charge is 2.10. The molecular weight excluding hydrogens is 355 g/mol. The summed E-state index contributed by atoms with van der Waals surface area (Å²) in [7, 11) is 0. The average molecular weight is 364 g/mol. The quantitative estimate of drug-likeness (QED) is 0.720. The van der Waals surface area contributed by atoms with Crippen molar-refractivity contribution in [1.82, 2.24) is 15.0 Å². The second kappa shape index (κ2) is 6.87. The number of nitrogens with zero attached hydrogens (tertiary/aromatic N) is 1. The second-order valence-corrected chi connectivity index (χ2v) is 5.41. The molecule has 116 valence electrons. The molecule has 0 fully saturated rings. The molecule has 1 aromatic carbocycles. The van der Waals surface area contributed by atoms with Gasteiger partial charge in [0.15, 0.2) is 0 Å². The molecule has 22 heavy (non-hydrogen) atoms. The molecular formula is C12H9Cl3N4O3. The normalized spacial score (nSPS) is 10.3. The van der Waals surface area contributed by atoms with Crippen LogP contribution in [0.3, 0.4) is 0 Å². The lowest BCUT2D eigenvalue weighted by molar-refractivity contribution is -0.121. The van der Waals surface area contributed by atoms with Crippen molar-refractivity contribution in [2.45, 2.75) is 6.54 Å². The number of anilines is 1. The summed E-state index contributed by atoms with van der Waals surface area (Å²) in [6, 6.07) is 4.04. The number of hydrogen-bond acceptors (Lipinski definition) is 4. The molecule has 0 aliphatic carbocycles. The number of carbonyl (C=O) groups excluding carboxylic acids is 1. The minimum absolute atomic E-state index is 0.221. The van der Waals surface area contributed by atoms with E-state index in [-0.39, 0.29) is 22.3 Å². The van der Waals surface area contributed by atoms with Crippen LogP contribution in [-0.4, -0.2) is 15.5 Å². The Morgan fingerprint density at radius 3 is 2.41 bits per heavy atom. The number of hydrazine groups is 1. The van der Waals surface area contributed by atoms with Crippen molar-refractivity contribution in [2.75, 3.05) is 5.43 Å². The number of halogens is 3. The maximum absolute atomic E-state index is 11.8. The monoisotopic (exact) mass is 362 g/mol. The molecule has 2 aromatic rings. The van der Waals surface area contributed by atoms with E-state index in [1.165, 1.54) is 18.3 Å². The van der Waals surface area contributed by atoms with Crippen LogP contribution in [0.15, 0.2) is 34.0 Å². The van der Waals surface area contributed by atoms with Gasteiger partial charge in [0.05, 0.1) is 15.7 Å². The zero-order chi connectivity index (χ0) is 16.3. The van der Waals surface area contributed by atoms with E-state index in [0.29, 0.717) is 5.02 Å². The number of nitrogens with one attached hydrogen (secondary N) is 3. The second-order valence-electron chi connectivity index (χ2n) is 4.16. The number of carbonyl (C=O) groups is 1. The molecule has 0 unspecified atom stereocenters. The van der Waals surface area contributed by atoms with Gasteiger partial charge in [-0.2, -0.15) is 0 Å². The highest BCUT2D eigenvalue weighted by Crippen LogP contribution is 2.32. The van der Waals surface area contributed by atoms with Crippen molar-refractivity contribution < 1.29 is 4.79 Å². The Labute approximate surface area is 138 Å². The van der Waals surface area contributed by atoms with Gasteiger partial charge in [0, 0.05) is 17.3 Å². The van der Waals surface area contributed by atoms with Crippen LogP contribution in [0.1, 0.15) is 0 Å². The third-order valence-electron chi connectivity index (χ3n) is 2.54. The van der Waals surface area contributed by atoms with Gasteiger partial charge >= 0.3 is 5.69 Å². The van der Waals surface area contributed by atoms with E-state index < -0.39 is 17.2 Å². The first-order valence-electron chi connectivity index (χ1n) is 5.86. The van der Waals surface area contributed by atoms with Crippen molar-refractivity contribution in [3.05, 3.63) is 60.3 Å². The Kier molecular flexibility index (Phi) is 5.12. The van der Waals surface area contributed by atoms with E-state index in [1.807, 2.05) is 4.98 Å². The van der Waals surface area contributed by atoms with E-state index in [9.17, 15) is 14.4 Å². The van der Waals surface area contributed by atoms with Crippen molar-refractivity contribution in [3.8, 4) is 0 Å². The van der Waals surface area contributed by atoms with Crippen LogP contribution in [0.2, 0.25) is 15.1 Å². The van der Waals surface area contributed by atoms with Crippen LogP contribution >= 0.6 is 34.8 Å². The highest BCUT2D eigenvalue weighted by atomic mass is 35.5. The molecule has 10 heteroatoms. The summed E-state index contributed by atoms with van der Waals surface area (Å²) >= 11 is 17.7. The minimum atomic E-state index is -0.690. The molecule has 0 saturated heterocycles. The Morgan fingerprint density at radius 2 is 1.82 bits per heavy atom. The van der Waals surface area contributed by atoms with Gasteiger partial charge in [-0.15, -0.1) is 0 Å². The number of benzene rings is 1. The van der Waals surface area contributed by atoms with Crippen molar-refractivity contribution in [1.29, 1.82) is 0 Å². The lowest BCUT2D eigenvalue weighted by atomic mass is 10.3. The third-order valence-corrected chi connectivity index (χ3v) is 3.36. The van der Waals surface area contributed by atoms with Gasteiger partial charge in [-0.25, -0.2) is 4.79 Å². The largest absolute Gasteiger partial charge is 0.328 e. The molecule has 2 rings (SSSR count). The summed E-state index contributed by atoms with van der Waals surface area (Å²) in [6.45, 7) is -0.300. The molecule has 0 aliphatic rings. The van der Waals surface area contributed by atoms with Crippen LogP contribution in [0.4, 0.5) is 5.69 Å². The van der Waals surface area contributed by atoms with Crippen LogP contribution in [0.25, 0.3) is 0 Å². The van der Waals surface area contributed by atoms with Gasteiger partial charge in [0.2, 0.25) is 0 Å². The van der Waals surface area contributed by atoms with Gasteiger partial charge in [-0.05, 0) is 12.1 Å². The number of hydrogen-bond donors (Lipinski definition) is 3. The summed E-state index contributed by atoms with van der Waals surface area (Å²) in [4.78, 5) is 36.2. The first-order valence-corrected chi connectivity index (χ1v) is 6.99. The Bertz CT molecular complexity index is 808. The number of amides is 1.